The number of thioether (sulfide) groups is 1. The molecule has 2 aliphatic rings. The van der Waals surface area contributed by atoms with Gasteiger partial charge < -0.3 is 24.4 Å². The number of ether oxygens (including phenoxy) is 3. The fraction of sp³-hybridized carbons (Fsp3) is 0.258. The molecule has 2 heterocycles. The van der Waals surface area contributed by atoms with Gasteiger partial charge in [0, 0.05) is 24.5 Å². The average molecular weight is 653 g/mol. The first-order valence-corrected chi connectivity index (χ1v) is 15.1. The largest absolute Gasteiger partial charge is 0.490 e. The monoisotopic (exact) mass is 651 g/mol. The van der Waals surface area contributed by atoms with Crippen LogP contribution in [-0.4, -0.2) is 61.4 Å². The van der Waals surface area contributed by atoms with E-state index >= 15 is 0 Å². The first kappa shape index (κ1) is 29.7. The second kappa shape index (κ2) is 13.9. The minimum Gasteiger partial charge on any atom is -0.490 e. The Balaban J connectivity index is 1.23. The third-order valence-corrected chi connectivity index (χ3v) is 8.05. The highest BCUT2D eigenvalue weighted by molar-refractivity contribution is 9.10. The fourth-order valence-electron chi connectivity index (χ4n) is 4.51. The fourth-order valence-corrected chi connectivity index (χ4v) is 5.93. The zero-order valence-corrected chi connectivity index (χ0v) is 25.4. The van der Waals surface area contributed by atoms with E-state index in [0.29, 0.717) is 53.7 Å². The highest BCUT2D eigenvalue weighted by Gasteiger charge is 2.36. The summed E-state index contributed by atoms with van der Waals surface area (Å²) in [6, 6.07) is 20.8. The molecule has 42 heavy (non-hydrogen) atoms. The number of rotatable bonds is 10. The summed E-state index contributed by atoms with van der Waals surface area (Å²) < 4.78 is 17.9. The van der Waals surface area contributed by atoms with Crippen LogP contribution in [0.25, 0.3) is 6.08 Å². The molecular formula is C31H30BrN3O6S. The summed E-state index contributed by atoms with van der Waals surface area (Å²) in [6.45, 7) is 5.26. The van der Waals surface area contributed by atoms with Crippen molar-refractivity contribution >= 4 is 62.2 Å². The van der Waals surface area contributed by atoms with Gasteiger partial charge in [-0.2, -0.15) is 0 Å². The minimum atomic E-state index is -0.527. The summed E-state index contributed by atoms with van der Waals surface area (Å²) >= 11 is 4.35. The van der Waals surface area contributed by atoms with Crippen LogP contribution in [-0.2, 0) is 20.9 Å². The van der Waals surface area contributed by atoms with Crippen molar-refractivity contribution in [2.24, 2.45) is 0 Å². The van der Waals surface area contributed by atoms with Crippen molar-refractivity contribution in [1.82, 2.24) is 4.90 Å². The van der Waals surface area contributed by atoms with Crippen molar-refractivity contribution in [1.29, 1.82) is 0 Å². The molecule has 5 rings (SSSR count). The maximum atomic E-state index is 13.1. The van der Waals surface area contributed by atoms with Gasteiger partial charge in [-0.3, -0.25) is 19.3 Å². The molecule has 0 aromatic heterocycles. The molecule has 3 amide bonds. The van der Waals surface area contributed by atoms with E-state index in [4.69, 9.17) is 14.2 Å². The standard InChI is InChI=1S/C31H30BrN3O6S/c1-2-40-26-17-22(16-25(32)29(26)41-20-21-6-4-3-5-7-21)18-27-30(37)35(31(38)42-27)19-28(36)33-23-8-10-24(11-9-23)34-12-14-39-15-13-34/h3-11,16-18H,2,12-15,19-20H2,1H3,(H,33,36)/b27-18+. The number of halogens is 1. The number of nitrogens with one attached hydrogen (secondary N) is 1. The van der Waals surface area contributed by atoms with E-state index in [1.165, 1.54) is 0 Å². The molecule has 0 spiro atoms. The second-order valence-electron chi connectivity index (χ2n) is 9.50. The summed E-state index contributed by atoms with van der Waals surface area (Å²) in [5.74, 6) is 0.0631. The van der Waals surface area contributed by atoms with Crippen LogP contribution < -0.4 is 19.7 Å². The van der Waals surface area contributed by atoms with Crippen molar-refractivity contribution in [2.45, 2.75) is 13.5 Å². The molecule has 0 atom stereocenters. The Labute approximate surface area is 256 Å². The SMILES string of the molecule is CCOc1cc(/C=C2/SC(=O)N(CC(=O)Nc3ccc(N4CCOCC4)cc3)C2=O)cc(Br)c1OCc1ccccc1. The van der Waals surface area contributed by atoms with Crippen LogP contribution >= 0.6 is 27.7 Å². The predicted molar refractivity (Wildman–Crippen MR) is 167 cm³/mol. The van der Waals surface area contributed by atoms with Crippen LogP contribution in [0.5, 0.6) is 11.5 Å². The third kappa shape index (κ3) is 7.33. The number of imide groups is 1. The van der Waals surface area contributed by atoms with Crippen molar-refractivity contribution < 1.29 is 28.6 Å². The molecule has 9 nitrogen and oxygen atoms in total. The van der Waals surface area contributed by atoms with Crippen LogP contribution in [0.1, 0.15) is 18.1 Å². The zero-order chi connectivity index (χ0) is 29.5. The first-order chi connectivity index (χ1) is 20.4. The van der Waals surface area contributed by atoms with Crippen LogP contribution in [0.3, 0.4) is 0 Å². The lowest BCUT2D eigenvalue weighted by molar-refractivity contribution is -0.127. The van der Waals surface area contributed by atoms with E-state index in [0.717, 1.165) is 41.0 Å². The van der Waals surface area contributed by atoms with Gasteiger partial charge in [0.2, 0.25) is 5.91 Å². The third-order valence-electron chi connectivity index (χ3n) is 6.56. The van der Waals surface area contributed by atoms with Gasteiger partial charge in [-0.15, -0.1) is 0 Å². The van der Waals surface area contributed by atoms with Gasteiger partial charge in [0.25, 0.3) is 11.1 Å². The number of amides is 3. The van der Waals surface area contributed by atoms with Crippen molar-refractivity contribution in [3.63, 3.8) is 0 Å². The smallest absolute Gasteiger partial charge is 0.294 e. The molecule has 1 N–H and O–H groups in total. The zero-order valence-electron chi connectivity index (χ0n) is 23.0. The van der Waals surface area contributed by atoms with E-state index in [1.807, 2.05) is 49.4 Å². The Bertz CT molecular complexity index is 1480. The Morgan fingerprint density at radius 1 is 1.05 bits per heavy atom. The summed E-state index contributed by atoms with van der Waals surface area (Å²) in [6.07, 6.45) is 1.61. The predicted octanol–water partition coefficient (Wildman–Crippen LogP) is 5.94. The number of morpholine rings is 1. The Kier molecular flexibility index (Phi) is 9.83. The molecule has 0 saturated carbocycles. The van der Waals surface area contributed by atoms with Gasteiger partial charge in [0.05, 0.1) is 29.2 Å². The van der Waals surface area contributed by atoms with E-state index < -0.39 is 17.1 Å². The molecular weight excluding hydrogens is 622 g/mol. The van der Waals surface area contributed by atoms with Crippen molar-refractivity contribution in [3.8, 4) is 11.5 Å². The first-order valence-electron chi connectivity index (χ1n) is 13.5. The van der Waals surface area contributed by atoms with Crippen LogP contribution in [0.15, 0.2) is 76.1 Å². The quantitative estimate of drug-likeness (QED) is 0.269. The summed E-state index contributed by atoms with van der Waals surface area (Å²) in [4.78, 5) is 41.9. The minimum absolute atomic E-state index is 0.218. The Morgan fingerprint density at radius 3 is 2.50 bits per heavy atom. The van der Waals surface area contributed by atoms with E-state index in [9.17, 15) is 14.4 Å². The molecule has 0 radical (unpaired) electrons. The molecule has 2 fully saturated rings. The summed E-state index contributed by atoms with van der Waals surface area (Å²) in [5.41, 5.74) is 3.29. The average Bonchev–Trinajstić information content (AvgIpc) is 3.25. The van der Waals surface area contributed by atoms with Gasteiger partial charge >= 0.3 is 0 Å². The molecule has 2 saturated heterocycles. The van der Waals surface area contributed by atoms with E-state index in [-0.39, 0.29) is 11.4 Å². The maximum Gasteiger partial charge on any atom is 0.294 e. The maximum absolute atomic E-state index is 13.1. The molecule has 3 aromatic rings. The highest BCUT2D eigenvalue weighted by atomic mass is 79.9. The van der Waals surface area contributed by atoms with Crippen LogP contribution in [0, 0.1) is 0 Å². The van der Waals surface area contributed by atoms with Gasteiger partial charge in [0.15, 0.2) is 11.5 Å². The summed E-state index contributed by atoms with van der Waals surface area (Å²) in [5, 5.41) is 2.27. The molecule has 2 aliphatic heterocycles. The molecule has 218 valence electrons. The van der Waals surface area contributed by atoms with E-state index in [2.05, 4.69) is 26.1 Å². The number of hydrogen-bond donors (Lipinski definition) is 1. The molecule has 0 unspecified atom stereocenters. The number of hydrogen-bond acceptors (Lipinski definition) is 8. The number of carbonyl (C=O) groups is 3. The van der Waals surface area contributed by atoms with Gasteiger partial charge in [-0.05, 0) is 88.2 Å². The van der Waals surface area contributed by atoms with Gasteiger partial charge in [-0.1, -0.05) is 30.3 Å². The Hall–Kier alpha value is -3.80. The lowest BCUT2D eigenvalue weighted by Crippen LogP contribution is -2.36. The highest BCUT2D eigenvalue weighted by Crippen LogP contribution is 2.39. The van der Waals surface area contributed by atoms with Crippen molar-refractivity contribution in [3.05, 3.63) is 87.2 Å². The lowest BCUT2D eigenvalue weighted by Gasteiger charge is -2.28. The number of benzene rings is 3. The topological polar surface area (TPSA) is 97.4 Å². The normalized spacial score (nSPS) is 16.2. The number of carbonyl (C=O) groups excluding carboxylic acids is 3. The molecule has 11 heteroatoms. The van der Waals surface area contributed by atoms with Gasteiger partial charge in [0.1, 0.15) is 13.2 Å². The number of nitrogens with zero attached hydrogens (tertiary/aromatic N) is 2. The molecule has 0 aliphatic carbocycles. The van der Waals surface area contributed by atoms with Crippen LogP contribution in [0.2, 0.25) is 0 Å². The summed E-state index contributed by atoms with van der Waals surface area (Å²) in [7, 11) is 0. The van der Waals surface area contributed by atoms with Crippen LogP contribution in [0.4, 0.5) is 16.2 Å². The van der Waals surface area contributed by atoms with E-state index in [1.54, 1.807) is 30.3 Å². The second-order valence-corrected chi connectivity index (χ2v) is 11.3. The molecule has 3 aromatic carbocycles. The lowest BCUT2D eigenvalue weighted by atomic mass is 10.1. The van der Waals surface area contributed by atoms with Crippen molar-refractivity contribution in [2.75, 3.05) is 49.7 Å². The van der Waals surface area contributed by atoms with Gasteiger partial charge in [-0.25, -0.2) is 0 Å². The molecule has 0 bridgehead atoms. The Morgan fingerprint density at radius 2 is 1.79 bits per heavy atom. The number of anilines is 2.